The highest BCUT2D eigenvalue weighted by molar-refractivity contribution is 7.94. The number of allylic oxidation sites excluding steroid dienone is 1. The zero-order chi connectivity index (χ0) is 11.1. The van der Waals surface area contributed by atoms with Crippen molar-refractivity contribution in [2.24, 2.45) is 0 Å². The molecule has 1 aliphatic heterocycles. The normalized spacial score (nSPS) is 23.1. The van der Waals surface area contributed by atoms with E-state index < -0.39 is 9.84 Å². The molecule has 1 rings (SSSR count). The van der Waals surface area contributed by atoms with Gasteiger partial charge in [0.1, 0.15) is 0 Å². The fraction of sp³-hybridized carbons (Fsp3) is 0.636. The van der Waals surface area contributed by atoms with Crippen LogP contribution in [0.25, 0.3) is 0 Å². The molecule has 1 aliphatic rings. The molecule has 0 fully saturated rings. The van der Waals surface area contributed by atoms with Crippen LogP contribution in [0.15, 0.2) is 24.1 Å². The second kappa shape index (κ2) is 6.08. The van der Waals surface area contributed by atoms with Crippen molar-refractivity contribution in [2.45, 2.75) is 31.7 Å². The zero-order valence-electron chi connectivity index (χ0n) is 8.98. The Labute approximate surface area is 92.2 Å². The lowest BCUT2D eigenvalue weighted by Crippen LogP contribution is -2.30. The lowest BCUT2D eigenvalue weighted by atomic mass is 10.2. The summed E-state index contributed by atoms with van der Waals surface area (Å²) in [4.78, 5) is 0. The molecular formula is C11H19NO2S. The van der Waals surface area contributed by atoms with Gasteiger partial charge in [0.25, 0.3) is 0 Å². The third-order valence-electron chi connectivity index (χ3n) is 2.42. The van der Waals surface area contributed by atoms with Crippen molar-refractivity contribution in [3.8, 4) is 0 Å². The first-order valence-electron chi connectivity index (χ1n) is 5.39. The number of hydrogen-bond donors (Lipinski definition) is 1. The molecule has 0 saturated carbocycles. The van der Waals surface area contributed by atoms with Gasteiger partial charge in [0, 0.05) is 11.4 Å². The van der Waals surface area contributed by atoms with E-state index in [9.17, 15) is 8.42 Å². The van der Waals surface area contributed by atoms with Gasteiger partial charge >= 0.3 is 0 Å². The van der Waals surface area contributed by atoms with Crippen LogP contribution in [0.3, 0.4) is 0 Å². The summed E-state index contributed by atoms with van der Waals surface area (Å²) in [6.45, 7) is 4.56. The quantitative estimate of drug-likeness (QED) is 0.533. The maximum absolute atomic E-state index is 11.1. The van der Waals surface area contributed by atoms with Crippen LogP contribution in [0, 0.1) is 0 Å². The molecule has 0 amide bonds. The van der Waals surface area contributed by atoms with Crippen molar-refractivity contribution in [3.05, 3.63) is 24.1 Å². The Bertz CT molecular complexity index is 319. The lowest BCUT2D eigenvalue weighted by Gasteiger charge is -2.08. The van der Waals surface area contributed by atoms with E-state index in [-0.39, 0.29) is 11.8 Å². The highest BCUT2D eigenvalue weighted by Crippen LogP contribution is 2.08. The average molecular weight is 229 g/mol. The monoisotopic (exact) mass is 229 g/mol. The van der Waals surface area contributed by atoms with E-state index in [2.05, 4.69) is 11.9 Å². The van der Waals surface area contributed by atoms with Crippen LogP contribution in [-0.4, -0.2) is 26.8 Å². The highest BCUT2D eigenvalue weighted by Gasteiger charge is 2.20. The van der Waals surface area contributed by atoms with Gasteiger partial charge in [0.05, 0.1) is 5.75 Å². The molecule has 0 aromatic heterocycles. The minimum Gasteiger partial charge on any atom is -0.310 e. The maximum Gasteiger partial charge on any atom is 0.173 e. The third-order valence-corrected chi connectivity index (χ3v) is 3.82. The summed E-state index contributed by atoms with van der Waals surface area (Å²) in [5, 5.41) is 4.53. The molecule has 1 heterocycles. The Balaban J connectivity index is 2.03. The van der Waals surface area contributed by atoms with Crippen LogP contribution in [0.2, 0.25) is 0 Å². The van der Waals surface area contributed by atoms with Gasteiger partial charge in [-0.25, -0.2) is 8.42 Å². The molecule has 0 aliphatic carbocycles. The van der Waals surface area contributed by atoms with Gasteiger partial charge in [-0.3, -0.25) is 0 Å². The zero-order valence-corrected chi connectivity index (χ0v) is 9.80. The second-order valence-corrected chi connectivity index (χ2v) is 5.79. The summed E-state index contributed by atoms with van der Waals surface area (Å²) in [7, 11) is -2.90. The smallest absolute Gasteiger partial charge is 0.173 e. The summed E-state index contributed by atoms with van der Waals surface area (Å²) in [5.74, 6) is 0.222. The molecule has 1 unspecified atom stereocenters. The molecule has 15 heavy (non-hydrogen) atoms. The Morgan fingerprint density at radius 3 is 2.80 bits per heavy atom. The standard InChI is InChI=1S/C11H19NO2S/c1-2-3-4-5-6-8-12-11-7-9-15(13,14)10-11/h2,7,9,11-12H,1,3-6,8,10H2. The predicted molar refractivity (Wildman–Crippen MR) is 63.4 cm³/mol. The molecular weight excluding hydrogens is 210 g/mol. The summed E-state index contributed by atoms with van der Waals surface area (Å²) >= 11 is 0. The molecule has 1 N–H and O–H groups in total. The highest BCUT2D eigenvalue weighted by atomic mass is 32.2. The van der Waals surface area contributed by atoms with Crippen molar-refractivity contribution in [1.82, 2.24) is 5.32 Å². The molecule has 0 saturated heterocycles. The number of rotatable bonds is 7. The van der Waals surface area contributed by atoms with Gasteiger partial charge in [-0.05, 0) is 25.8 Å². The SMILES string of the molecule is C=CCCCCCNC1C=CS(=O)(=O)C1. The first-order valence-corrected chi connectivity index (χ1v) is 7.11. The third kappa shape index (κ3) is 5.14. The second-order valence-electron chi connectivity index (χ2n) is 3.86. The van der Waals surface area contributed by atoms with Crippen molar-refractivity contribution in [1.29, 1.82) is 0 Å². The Morgan fingerprint density at radius 1 is 1.40 bits per heavy atom. The van der Waals surface area contributed by atoms with Gasteiger partial charge in [-0.15, -0.1) is 6.58 Å². The van der Waals surface area contributed by atoms with Crippen LogP contribution in [0.5, 0.6) is 0 Å². The van der Waals surface area contributed by atoms with E-state index in [1.165, 1.54) is 18.2 Å². The van der Waals surface area contributed by atoms with Gasteiger partial charge in [0.15, 0.2) is 9.84 Å². The molecule has 3 nitrogen and oxygen atoms in total. The van der Waals surface area contributed by atoms with Crippen LogP contribution < -0.4 is 5.32 Å². The molecule has 0 bridgehead atoms. The van der Waals surface area contributed by atoms with E-state index in [0.717, 1.165) is 19.4 Å². The summed E-state index contributed by atoms with van der Waals surface area (Å²) in [6, 6.07) is 0.0226. The van der Waals surface area contributed by atoms with E-state index in [0.29, 0.717) is 0 Å². The largest absolute Gasteiger partial charge is 0.310 e. The van der Waals surface area contributed by atoms with E-state index in [4.69, 9.17) is 0 Å². The Hall–Kier alpha value is -0.610. The van der Waals surface area contributed by atoms with E-state index in [1.54, 1.807) is 6.08 Å². The van der Waals surface area contributed by atoms with Gasteiger partial charge in [-0.1, -0.05) is 18.6 Å². The number of hydrogen-bond acceptors (Lipinski definition) is 3. The maximum atomic E-state index is 11.1. The van der Waals surface area contributed by atoms with Crippen LogP contribution >= 0.6 is 0 Å². The predicted octanol–water partition coefficient (Wildman–Crippen LogP) is 1.63. The van der Waals surface area contributed by atoms with Gasteiger partial charge in [0.2, 0.25) is 0 Å². The van der Waals surface area contributed by atoms with Crippen molar-refractivity contribution in [3.63, 3.8) is 0 Å². The number of unbranched alkanes of at least 4 members (excludes halogenated alkanes) is 3. The topological polar surface area (TPSA) is 46.2 Å². The van der Waals surface area contributed by atoms with Crippen LogP contribution in [0.4, 0.5) is 0 Å². The summed E-state index contributed by atoms with van der Waals surface area (Å²) in [5.41, 5.74) is 0. The molecule has 1 atom stereocenters. The molecule has 0 aromatic rings. The van der Waals surface area contributed by atoms with Gasteiger partial charge < -0.3 is 5.32 Å². The number of sulfone groups is 1. The lowest BCUT2D eigenvalue weighted by molar-refractivity contribution is 0.569. The minimum atomic E-state index is -2.90. The minimum absolute atomic E-state index is 0.0226. The van der Waals surface area contributed by atoms with Crippen LogP contribution in [-0.2, 0) is 9.84 Å². The van der Waals surface area contributed by atoms with Crippen LogP contribution in [0.1, 0.15) is 25.7 Å². The molecule has 0 radical (unpaired) electrons. The molecule has 4 heteroatoms. The molecule has 86 valence electrons. The summed E-state index contributed by atoms with van der Waals surface area (Å²) < 4.78 is 22.2. The fourth-order valence-electron chi connectivity index (χ4n) is 1.58. The van der Waals surface area contributed by atoms with E-state index >= 15 is 0 Å². The van der Waals surface area contributed by atoms with Crippen molar-refractivity contribution < 1.29 is 8.42 Å². The molecule has 0 spiro atoms. The van der Waals surface area contributed by atoms with Crippen molar-refractivity contribution >= 4 is 9.84 Å². The van der Waals surface area contributed by atoms with Crippen molar-refractivity contribution in [2.75, 3.05) is 12.3 Å². The van der Waals surface area contributed by atoms with Gasteiger partial charge in [-0.2, -0.15) is 0 Å². The Kier molecular flexibility index (Phi) is 5.05. The number of nitrogens with one attached hydrogen (secondary N) is 1. The first-order chi connectivity index (χ1) is 7.14. The Morgan fingerprint density at radius 2 is 2.20 bits per heavy atom. The fourth-order valence-corrected chi connectivity index (χ4v) is 2.85. The average Bonchev–Trinajstić information content (AvgIpc) is 2.52. The molecule has 0 aromatic carbocycles. The van der Waals surface area contributed by atoms with E-state index in [1.807, 2.05) is 6.08 Å². The first kappa shape index (κ1) is 12.5. The summed E-state index contributed by atoms with van der Waals surface area (Å²) in [6.07, 6.45) is 8.17.